The molecule has 1 saturated carbocycles. The molecule has 1 unspecified atom stereocenters. The van der Waals surface area contributed by atoms with Crippen LogP contribution in [0.3, 0.4) is 0 Å². The van der Waals surface area contributed by atoms with Gasteiger partial charge in [0.1, 0.15) is 0 Å². The minimum absolute atomic E-state index is 0.0660. The topological polar surface area (TPSA) is 44.8 Å². The zero-order valence-electron chi connectivity index (χ0n) is 15.3. The Kier molecular flexibility index (Phi) is 6.78. The Morgan fingerprint density at radius 2 is 1.83 bits per heavy atom. The molecule has 2 heterocycles. The van der Waals surface area contributed by atoms with E-state index in [1.54, 1.807) is 4.90 Å². The van der Waals surface area contributed by atoms with E-state index in [-0.39, 0.29) is 12.1 Å². The number of carbonyl (C=O) groups is 1. The summed E-state index contributed by atoms with van der Waals surface area (Å²) in [6.07, 6.45) is 11.7. The Morgan fingerprint density at radius 3 is 2.50 bits per heavy atom. The molecule has 24 heavy (non-hydrogen) atoms. The summed E-state index contributed by atoms with van der Waals surface area (Å²) in [5, 5.41) is 3.22. The summed E-state index contributed by atoms with van der Waals surface area (Å²) in [5.74, 6) is 0.919. The number of piperidine rings is 1. The Bertz CT molecular complexity index is 384. The van der Waals surface area contributed by atoms with Gasteiger partial charge in [-0.25, -0.2) is 4.79 Å². The zero-order valence-corrected chi connectivity index (χ0v) is 15.3. The van der Waals surface area contributed by atoms with Crippen molar-refractivity contribution in [3.63, 3.8) is 0 Å². The van der Waals surface area contributed by atoms with E-state index in [0.29, 0.717) is 12.6 Å². The van der Waals surface area contributed by atoms with E-state index in [1.807, 2.05) is 7.05 Å². The van der Waals surface area contributed by atoms with Gasteiger partial charge in [-0.05, 0) is 44.4 Å². The number of nitrogens with one attached hydrogen (secondary N) is 1. The van der Waals surface area contributed by atoms with Crippen molar-refractivity contribution >= 4 is 6.03 Å². The number of ether oxygens (including phenoxy) is 1. The molecule has 3 fully saturated rings. The van der Waals surface area contributed by atoms with Crippen LogP contribution in [0.2, 0.25) is 0 Å². The average Bonchev–Trinajstić information content (AvgIpc) is 3.10. The van der Waals surface area contributed by atoms with Gasteiger partial charge in [-0.3, -0.25) is 0 Å². The molecular formula is C19H35N3O2. The fourth-order valence-electron chi connectivity index (χ4n) is 4.46. The van der Waals surface area contributed by atoms with Gasteiger partial charge < -0.3 is 19.9 Å². The first-order valence-electron chi connectivity index (χ1n) is 10.1. The maximum Gasteiger partial charge on any atom is 0.317 e. The molecule has 5 heteroatoms. The summed E-state index contributed by atoms with van der Waals surface area (Å²) >= 11 is 0. The molecule has 0 aromatic heterocycles. The lowest BCUT2D eigenvalue weighted by Crippen LogP contribution is -2.50. The van der Waals surface area contributed by atoms with Gasteiger partial charge >= 0.3 is 6.03 Å². The number of likely N-dealkylation sites (tertiary alicyclic amines) is 1. The van der Waals surface area contributed by atoms with Crippen LogP contribution >= 0.6 is 0 Å². The predicted octanol–water partition coefficient (Wildman–Crippen LogP) is 2.85. The maximum atomic E-state index is 12.3. The van der Waals surface area contributed by atoms with Crippen molar-refractivity contribution in [2.75, 3.05) is 39.8 Å². The number of hydrogen-bond acceptors (Lipinski definition) is 3. The Labute approximate surface area is 147 Å². The molecule has 2 aliphatic heterocycles. The van der Waals surface area contributed by atoms with E-state index in [0.717, 1.165) is 51.3 Å². The third-order valence-electron chi connectivity index (χ3n) is 6.00. The normalized spacial score (nSPS) is 27.3. The second kappa shape index (κ2) is 9.04. The number of likely N-dealkylation sites (N-methyl/N-ethyl adjacent to an activating group) is 1. The molecule has 3 rings (SSSR count). The summed E-state index contributed by atoms with van der Waals surface area (Å²) in [5.41, 5.74) is 0. The molecule has 5 nitrogen and oxygen atoms in total. The first kappa shape index (κ1) is 18.0. The number of nitrogens with zero attached hydrogens (tertiary/aromatic N) is 2. The molecule has 0 radical (unpaired) electrons. The van der Waals surface area contributed by atoms with Gasteiger partial charge in [0.05, 0.1) is 6.10 Å². The minimum atomic E-state index is 0.0660. The second-order valence-corrected chi connectivity index (χ2v) is 8.04. The smallest absolute Gasteiger partial charge is 0.317 e. The molecule has 0 spiro atoms. The van der Waals surface area contributed by atoms with Gasteiger partial charge in [0.15, 0.2) is 0 Å². The molecule has 1 N–H and O–H groups in total. The summed E-state index contributed by atoms with van der Waals surface area (Å²) in [6.45, 7) is 5.11. The van der Waals surface area contributed by atoms with E-state index in [9.17, 15) is 4.79 Å². The third-order valence-corrected chi connectivity index (χ3v) is 6.00. The van der Waals surface area contributed by atoms with Crippen LogP contribution in [0.15, 0.2) is 0 Å². The van der Waals surface area contributed by atoms with Crippen LogP contribution in [0, 0.1) is 5.92 Å². The van der Waals surface area contributed by atoms with Crippen LogP contribution in [-0.2, 0) is 4.74 Å². The van der Waals surface area contributed by atoms with Gasteiger partial charge in [-0.15, -0.1) is 0 Å². The van der Waals surface area contributed by atoms with Gasteiger partial charge in [-0.2, -0.15) is 0 Å². The SMILES string of the molecule is CN(CC1CCCO1)C(=O)NC1CCN(CC2CCCCC2)CC1. The van der Waals surface area contributed by atoms with Crippen LogP contribution in [0.5, 0.6) is 0 Å². The van der Waals surface area contributed by atoms with Crippen molar-refractivity contribution in [1.29, 1.82) is 0 Å². The van der Waals surface area contributed by atoms with Gasteiger partial charge in [0.2, 0.25) is 0 Å². The molecule has 0 aromatic rings. The van der Waals surface area contributed by atoms with Gasteiger partial charge in [-0.1, -0.05) is 19.3 Å². The fourth-order valence-corrected chi connectivity index (χ4v) is 4.46. The van der Waals surface area contributed by atoms with E-state index in [4.69, 9.17) is 4.74 Å². The summed E-state index contributed by atoms with van der Waals surface area (Å²) in [4.78, 5) is 16.8. The average molecular weight is 338 g/mol. The molecular weight excluding hydrogens is 302 g/mol. The lowest BCUT2D eigenvalue weighted by atomic mass is 9.88. The molecule has 0 aromatic carbocycles. The maximum absolute atomic E-state index is 12.3. The molecule has 3 aliphatic rings. The van der Waals surface area contributed by atoms with Crippen molar-refractivity contribution < 1.29 is 9.53 Å². The number of amides is 2. The highest BCUT2D eigenvalue weighted by Crippen LogP contribution is 2.25. The Hall–Kier alpha value is -0.810. The van der Waals surface area contributed by atoms with Crippen LogP contribution in [-0.4, -0.2) is 67.8 Å². The Balaban J connectivity index is 1.33. The largest absolute Gasteiger partial charge is 0.376 e. The highest BCUT2D eigenvalue weighted by atomic mass is 16.5. The highest BCUT2D eigenvalue weighted by Gasteiger charge is 2.25. The number of carbonyl (C=O) groups excluding carboxylic acids is 1. The van der Waals surface area contributed by atoms with Crippen molar-refractivity contribution in [2.45, 2.75) is 69.9 Å². The van der Waals surface area contributed by atoms with E-state index < -0.39 is 0 Å². The van der Waals surface area contributed by atoms with E-state index >= 15 is 0 Å². The summed E-state index contributed by atoms with van der Waals surface area (Å²) in [6, 6.07) is 0.406. The molecule has 1 atom stereocenters. The lowest BCUT2D eigenvalue weighted by molar-refractivity contribution is 0.0859. The van der Waals surface area contributed by atoms with Crippen LogP contribution in [0.25, 0.3) is 0 Å². The monoisotopic (exact) mass is 337 g/mol. The fraction of sp³-hybridized carbons (Fsp3) is 0.947. The minimum Gasteiger partial charge on any atom is -0.376 e. The second-order valence-electron chi connectivity index (χ2n) is 8.04. The first-order chi connectivity index (χ1) is 11.7. The Morgan fingerprint density at radius 1 is 1.08 bits per heavy atom. The quantitative estimate of drug-likeness (QED) is 0.839. The van der Waals surface area contributed by atoms with Crippen LogP contribution in [0.1, 0.15) is 57.8 Å². The number of hydrogen-bond donors (Lipinski definition) is 1. The van der Waals surface area contributed by atoms with Crippen LogP contribution < -0.4 is 5.32 Å². The molecule has 1 aliphatic carbocycles. The number of urea groups is 1. The van der Waals surface area contributed by atoms with Crippen molar-refractivity contribution in [1.82, 2.24) is 15.1 Å². The predicted molar refractivity (Wildman–Crippen MR) is 96.2 cm³/mol. The van der Waals surface area contributed by atoms with Gasteiger partial charge in [0, 0.05) is 45.9 Å². The lowest BCUT2D eigenvalue weighted by Gasteiger charge is -2.36. The van der Waals surface area contributed by atoms with Crippen molar-refractivity contribution in [3.8, 4) is 0 Å². The van der Waals surface area contributed by atoms with Crippen LogP contribution in [0.4, 0.5) is 4.79 Å². The molecule has 138 valence electrons. The van der Waals surface area contributed by atoms with Gasteiger partial charge in [0.25, 0.3) is 0 Å². The molecule has 2 saturated heterocycles. The highest BCUT2D eigenvalue weighted by molar-refractivity contribution is 5.74. The standard InChI is InChI=1S/C19H35N3O2/c1-21(15-18-8-5-13-24-18)19(23)20-17-9-11-22(12-10-17)14-16-6-3-2-4-7-16/h16-18H,2-15H2,1H3,(H,20,23). The summed E-state index contributed by atoms with van der Waals surface area (Å²) in [7, 11) is 1.88. The first-order valence-corrected chi connectivity index (χ1v) is 10.1. The van der Waals surface area contributed by atoms with Crippen molar-refractivity contribution in [3.05, 3.63) is 0 Å². The summed E-state index contributed by atoms with van der Waals surface area (Å²) < 4.78 is 5.62. The molecule has 0 bridgehead atoms. The molecule has 2 amide bonds. The third kappa shape index (κ3) is 5.35. The van der Waals surface area contributed by atoms with E-state index in [2.05, 4.69) is 10.2 Å². The van der Waals surface area contributed by atoms with Crippen molar-refractivity contribution in [2.24, 2.45) is 5.92 Å². The zero-order chi connectivity index (χ0) is 16.8. The number of rotatable bonds is 5. The van der Waals surface area contributed by atoms with E-state index in [1.165, 1.54) is 38.6 Å².